The van der Waals surface area contributed by atoms with E-state index in [1.165, 1.54) is 5.56 Å². The monoisotopic (exact) mass is 192 g/mol. The molecule has 4 nitrogen and oxygen atoms in total. The maximum atomic E-state index is 5.44. The largest absolute Gasteiger partial charge is 0.424 e. The highest BCUT2D eigenvalue weighted by molar-refractivity contribution is 5.74. The molecule has 1 heterocycles. The predicted molar refractivity (Wildman–Crippen MR) is 54.0 cm³/mol. The van der Waals surface area contributed by atoms with Crippen molar-refractivity contribution >= 4 is 17.1 Å². The van der Waals surface area contributed by atoms with Crippen LogP contribution in [0.1, 0.15) is 5.56 Å². The summed E-state index contributed by atoms with van der Waals surface area (Å²) in [6.07, 6.45) is 0.874. The molecule has 0 saturated carbocycles. The van der Waals surface area contributed by atoms with Gasteiger partial charge in [-0.3, -0.25) is 0 Å². The Morgan fingerprint density at radius 3 is 3.14 bits per heavy atom. The molecule has 0 spiro atoms. The van der Waals surface area contributed by atoms with E-state index >= 15 is 0 Å². The lowest BCUT2D eigenvalue weighted by Gasteiger charge is -1.98. The molecule has 0 aliphatic rings. The van der Waals surface area contributed by atoms with E-state index in [4.69, 9.17) is 14.9 Å². The lowest BCUT2D eigenvalue weighted by Crippen LogP contribution is -1.93. The topological polar surface area (TPSA) is 61.3 Å². The molecule has 0 saturated heterocycles. The van der Waals surface area contributed by atoms with Crippen LogP contribution in [-0.2, 0) is 11.2 Å². The smallest absolute Gasteiger partial charge is 0.292 e. The Morgan fingerprint density at radius 1 is 1.50 bits per heavy atom. The van der Waals surface area contributed by atoms with Crippen molar-refractivity contribution in [3.63, 3.8) is 0 Å². The first-order chi connectivity index (χ1) is 6.79. The minimum atomic E-state index is 0.212. The van der Waals surface area contributed by atoms with Gasteiger partial charge in [0.2, 0.25) is 0 Å². The number of hydrogen-bond donors (Lipinski definition) is 1. The Kier molecular flexibility index (Phi) is 2.37. The van der Waals surface area contributed by atoms with Gasteiger partial charge in [0.25, 0.3) is 6.01 Å². The molecule has 0 unspecified atom stereocenters. The van der Waals surface area contributed by atoms with E-state index in [9.17, 15) is 0 Å². The molecular weight excluding hydrogens is 180 g/mol. The number of nitrogen functional groups attached to an aromatic ring is 1. The second-order valence-corrected chi connectivity index (χ2v) is 3.10. The quantitative estimate of drug-likeness (QED) is 0.802. The number of rotatable bonds is 3. The van der Waals surface area contributed by atoms with Crippen LogP contribution in [-0.4, -0.2) is 18.7 Å². The van der Waals surface area contributed by atoms with Gasteiger partial charge in [-0.05, 0) is 24.1 Å². The van der Waals surface area contributed by atoms with Crippen LogP contribution in [0.4, 0.5) is 6.01 Å². The summed E-state index contributed by atoms with van der Waals surface area (Å²) >= 11 is 0. The molecule has 2 N–H and O–H groups in total. The van der Waals surface area contributed by atoms with Gasteiger partial charge >= 0.3 is 0 Å². The zero-order valence-electron chi connectivity index (χ0n) is 7.99. The molecule has 0 aliphatic heterocycles. The molecule has 14 heavy (non-hydrogen) atoms. The molecule has 2 aromatic rings. The van der Waals surface area contributed by atoms with Gasteiger partial charge in [-0.2, -0.15) is 4.98 Å². The Labute approximate surface area is 81.7 Å². The number of nitrogens with zero attached hydrogens (tertiary/aromatic N) is 1. The van der Waals surface area contributed by atoms with Crippen LogP contribution in [0.25, 0.3) is 11.1 Å². The average molecular weight is 192 g/mol. The van der Waals surface area contributed by atoms with Gasteiger partial charge in [0.1, 0.15) is 5.52 Å². The number of hydrogen-bond acceptors (Lipinski definition) is 4. The third-order valence-corrected chi connectivity index (χ3v) is 2.06. The van der Waals surface area contributed by atoms with Crippen molar-refractivity contribution in [2.75, 3.05) is 19.5 Å². The standard InChI is InChI=1S/C10H12N2O2/c1-13-5-4-7-2-3-9-8(6-7)12-10(11)14-9/h2-3,6H,4-5H2,1H3,(H2,11,12). The van der Waals surface area contributed by atoms with Crippen molar-refractivity contribution in [3.05, 3.63) is 23.8 Å². The first-order valence-corrected chi connectivity index (χ1v) is 4.43. The molecule has 1 aromatic heterocycles. The fraction of sp³-hybridized carbons (Fsp3) is 0.300. The molecule has 0 bridgehead atoms. The summed E-state index contributed by atoms with van der Waals surface area (Å²) in [5, 5.41) is 0. The Balaban J connectivity index is 2.31. The van der Waals surface area contributed by atoms with Crippen LogP contribution in [0.2, 0.25) is 0 Å². The van der Waals surface area contributed by atoms with Gasteiger partial charge in [0, 0.05) is 7.11 Å². The summed E-state index contributed by atoms with van der Waals surface area (Å²) in [6, 6.07) is 6.05. The zero-order chi connectivity index (χ0) is 9.97. The van der Waals surface area contributed by atoms with Crippen LogP contribution in [0.3, 0.4) is 0 Å². The first-order valence-electron chi connectivity index (χ1n) is 4.43. The molecule has 0 fully saturated rings. The SMILES string of the molecule is COCCc1ccc2oc(N)nc2c1. The van der Waals surface area contributed by atoms with Crippen LogP contribution in [0.15, 0.2) is 22.6 Å². The Hall–Kier alpha value is -1.55. The third-order valence-electron chi connectivity index (χ3n) is 2.06. The molecular formula is C10H12N2O2. The summed E-state index contributed by atoms with van der Waals surface area (Å²) in [7, 11) is 1.69. The molecule has 0 aliphatic carbocycles. The Morgan fingerprint density at radius 2 is 2.36 bits per heavy atom. The number of oxazole rings is 1. The maximum Gasteiger partial charge on any atom is 0.292 e. The number of anilines is 1. The number of methoxy groups -OCH3 is 1. The van der Waals surface area contributed by atoms with Crippen LogP contribution >= 0.6 is 0 Å². The molecule has 0 amide bonds. The number of ether oxygens (including phenoxy) is 1. The maximum absolute atomic E-state index is 5.44. The minimum Gasteiger partial charge on any atom is -0.424 e. The van der Waals surface area contributed by atoms with Crippen molar-refractivity contribution < 1.29 is 9.15 Å². The van der Waals surface area contributed by atoms with Gasteiger partial charge in [0.05, 0.1) is 6.61 Å². The molecule has 1 aromatic carbocycles. The molecule has 2 rings (SSSR count). The highest BCUT2D eigenvalue weighted by Crippen LogP contribution is 2.18. The van der Waals surface area contributed by atoms with Crippen LogP contribution in [0, 0.1) is 0 Å². The van der Waals surface area contributed by atoms with E-state index in [2.05, 4.69) is 4.98 Å². The fourth-order valence-electron chi connectivity index (χ4n) is 1.37. The number of nitrogens with two attached hydrogens (primary N) is 1. The predicted octanol–water partition coefficient (Wildman–Crippen LogP) is 1.60. The number of fused-ring (bicyclic) bond motifs is 1. The second-order valence-electron chi connectivity index (χ2n) is 3.10. The number of benzene rings is 1. The van der Waals surface area contributed by atoms with Gasteiger partial charge < -0.3 is 14.9 Å². The number of aromatic nitrogens is 1. The van der Waals surface area contributed by atoms with E-state index in [-0.39, 0.29) is 6.01 Å². The van der Waals surface area contributed by atoms with Crippen molar-refractivity contribution in [2.45, 2.75) is 6.42 Å². The van der Waals surface area contributed by atoms with E-state index in [0.29, 0.717) is 6.61 Å². The highest BCUT2D eigenvalue weighted by Gasteiger charge is 2.02. The third kappa shape index (κ3) is 1.70. The normalized spacial score (nSPS) is 10.9. The van der Waals surface area contributed by atoms with Gasteiger partial charge in [-0.1, -0.05) is 6.07 Å². The second kappa shape index (κ2) is 3.67. The fourth-order valence-corrected chi connectivity index (χ4v) is 1.37. The average Bonchev–Trinajstić information content (AvgIpc) is 2.54. The first kappa shape index (κ1) is 9.02. The van der Waals surface area contributed by atoms with E-state index in [1.54, 1.807) is 7.11 Å². The van der Waals surface area contributed by atoms with Crippen molar-refractivity contribution in [2.24, 2.45) is 0 Å². The zero-order valence-corrected chi connectivity index (χ0v) is 7.99. The molecule has 0 radical (unpaired) electrons. The van der Waals surface area contributed by atoms with Gasteiger partial charge in [-0.15, -0.1) is 0 Å². The summed E-state index contributed by atoms with van der Waals surface area (Å²) in [4.78, 5) is 4.05. The van der Waals surface area contributed by atoms with Crippen LogP contribution < -0.4 is 5.73 Å². The molecule has 0 atom stereocenters. The van der Waals surface area contributed by atoms with E-state index < -0.39 is 0 Å². The van der Waals surface area contributed by atoms with E-state index in [1.807, 2.05) is 18.2 Å². The van der Waals surface area contributed by atoms with Crippen molar-refractivity contribution in [1.82, 2.24) is 4.98 Å². The highest BCUT2D eigenvalue weighted by atomic mass is 16.5. The minimum absolute atomic E-state index is 0.212. The van der Waals surface area contributed by atoms with Crippen LogP contribution in [0.5, 0.6) is 0 Å². The Bertz CT molecular complexity index is 437. The summed E-state index contributed by atoms with van der Waals surface area (Å²) < 4.78 is 10.2. The molecule has 74 valence electrons. The summed E-state index contributed by atoms with van der Waals surface area (Å²) in [5.41, 5.74) is 8.14. The van der Waals surface area contributed by atoms with Crippen molar-refractivity contribution in [3.8, 4) is 0 Å². The summed E-state index contributed by atoms with van der Waals surface area (Å²) in [6.45, 7) is 0.707. The summed E-state index contributed by atoms with van der Waals surface area (Å²) in [5.74, 6) is 0. The van der Waals surface area contributed by atoms with E-state index in [0.717, 1.165) is 17.5 Å². The van der Waals surface area contributed by atoms with Crippen molar-refractivity contribution in [1.29, 1.82) is 0 Å². The lowest BCUT2D eigenvalue weighted by molar-refractivity contribution is 0.202. The molecule has 4 heteroatoms. The van der Waals surface area contributed by atoms with Gasteiger partial charge in [-0.25, -0.2) is 0 Å². The van der Waals surface area contributed by atoms with Gasteiger partial charge in [0.15, 0.2) is 5.58 Å². The lowest BCUT2D eigenvalue weighted by atomic mass is 10.1.